The molecule has 110 valence electrons. The topological polar surface area (TPSA) is 86.2 Å². The Hall–Kier alpha value is -2.36. The molecule has 0 saturated heterocycles. The van der Waals surface area contributed by atoms with E-state index in [1.165, 1.54) is 30.5 Å². The second-order valence-corrected chi connectivity index (χ2v) is 4.52. The molecule has 0 fully saturated rings. The monoisotopic (exact) mass is 313 g/mol. The molecule has 0 amide bonds. The Morgan fingerprint density at radius 1 is 1.38 bits per heavy atom. The predicted molar refractivity (Wildman–Crippen MR) is 72.8 cm³/mol. The van der Waals surface area contributed by atoms with Gasteiger partial charge in [0, 0.05) is 12.1 Å². The quantitative estimate of drug-likeness (QED) is 0.366. The van der Waals surface area contributed by atoms with Gasteiger partial charge in [-0.2, -0.15) is 9.78 Å². The van der Waals surface area contributed by atoms with Gasteiger partial charge in [0.05, 0.1) is 11.1 Å². The van der Waals surface area contributed by atoms with Gasteiger partial charge in [-0.15, -0.1) is 10.2 Å². The number of thioether (sulfide) groups is 1. The van der Waals surface area contributed by atoms with Gasteiger partial charge < -0.3 is 0 Å². The minimum Gasteiger partial charge on any atom is -0.258 e. The van der Waals surface area contributed by atoms with Gasteiger partial charge in [0.1, 0.15) is 0 Å². The normalized spacial score (nSPS) is 11.4. The molecule has 0 atom stereocenters. The highest BCUT2D eigenvalue weighted by molar-refractivity contribution is 7.98. The van der Waals surface area contributed by atoms with Crippen molar-refractivity contribution in [3.8, 4) is 0 Å². The van der Waals surface area contributed by atoms with Crippen LogP contribution in [0, 0.1) is 10.1 Å². The van der Waals surface area contributed by atoms with Crippen molar-refractivity contribution in [3.05, 3.63) is 45.8 Å². The average molecular weight is 313 g/mol. The smallest absolute Gasteiger partial charge is 0.258 e. The lowest BCUT2D eigenvalue weighted by atomic mass is 10.2. The molecule has 2 rings (SSSR count). The number of benzene rings is 1. The number of hydrogen-bond acceptors (Lipinski definition) is 6. The predicted octanol–water partition coefficient (Wildman–Crippen LogP) is 2.73. The molecule has 0 N–H and O–H groups in total. The fourth-order valence-corrected chi connectivity index (χ4v) is 1.89. The molecule has 0 unspecified atom stereocenters. The molecule has 1 aromatic carbocycles. The Bertz CT molecular complexity index is 672. The van der Waals surface area contributed by atoms with Crippen molar-refractivity contribution >= 4 is 23.7 Å². The van der Waals surface area contributed by atoms with Gasteiger partial charge in [0.15, 0.2) is 0 Å². The summed E-state index contributed by atoms with van der Waals surface area (Å²) in [5.41, 5.74) is 0.469. The van der Waals surface area contributed by atoms with E-state index in [9.17, 15) is 18.9 Å². The fourth-order valence-electron chi connectivity index (χ4n) is 1.46. The number of non-ortho nitro benzene ring substituents is 1. The summed E-state index contributed by atoms with van der Waals surface area (Å²) in [6, 6.07) is 5.54. The number of hydrogen-bond donors (Lipinski definition) is 0. The summed E-state index contributed by atoms with van der Waals surface area (Å²) in [4.78, 5) is 10.00. The van der Waals surface area contributed by atoms with Gasteiger partial charge in [-0.05, 0) is 24.0 Å². The molecule has 1 aromatic heterocycles. The maximum absolute atomic E-state index is 12.8. The zero-order chi connectivity index (χ0) is 15.4. The highest BCUT2D eigenvalue weighted by Crippen LogP contribution is 2.21. The Morgan fingerprint density at radius 3 is 2.57 bits per heavy atom. The molecule has 0 spiro atoms. The van der Waals surface area contributed by atoms with E-state index in [1.807, 2.05) is 0 Å². The minimum atomic E-state index is -2.80. The largest absolute Gasteiger partial charge is 0.299 e. The Kier molecular flexibility index (Phi) is 4.58. The minimum absolute atomic E-state index is 0.0606. The second kappa shape index (κ2) is 6.39. The lowest BCUT2D eigenvalue weighted by molar-refractivity contribution is -0.384. The molecule has 0 bridgehead atoms. The summed E-state index contributed by atoms with van der Waals surface area (Å²) in [7, 11) is 0. The van der Waals surface area contributed by atoms with E-state index in [4.69, 9.17) is 0 Å². The van der Waals surface area contributed by atoms with E-state index >= 15 is 0 Å². The zero-order valence-corrected chi connectivity index (χ0v) is 11.5. The summed E-state index contributed by atoms with van der Waals surface area (Å²) >= 11 is 1.13. The van der Waals surface area contributed by atoms with Gasteiger partial charge in [-0.3, -0.25) is 10.1 Å². The molecule has 21 heavy (non-hydrogen) atoms. The first kappa shape index (κ1) is 15.0. The van der Waals surface area contributed by atoms with Gasteiger partial charge in [0.25, 0.3) is 12.1 Å². The second-order valence-electron chi connectivity index (χ2n) is 3.75. The van der Waals surface area contributed by atoms with Gasteiger partial charge in [0.2, 0.25) is 11.0 Å². The van der Waals surface area contributed by atoms with E-state index in [0.29, 0.717) is 5.56 Å². The third kappa shape index (κ3) is 3.40. The molecule has 0 aliphatic heterocycles. The lowest BCUT2D eigenvalue weighted by Gasteiger charge is -2.01. The fraction of sp³-hybridized carbons (Fsp3) is 0.182. The summed E-state index contributed by atoms with van der Waals surface area (Å²) in [6.07, 6.45) is 0.169. The van der Waals surface area contributed by atoms with Crippen molar-refractivity contribution in [2.24, 2.45) is 5.10 Å². The van der Waals surface area contributed by atoms with Crippen molar-refractivity contribution in [1.82, 2.24) is 14.9 Å². The van der Waals surface area contributed by atoms with Crippen LogP contribution in [0.2, 0.25) is 0 Å². The van der Waals surface area contributed by atoms with Crippen LogP contribution in [0.5, 0.6) is 0 Å². The lowest BCUT2D eigenvalue weighted by Crippen LogP contribution is -2.00. The van der Waals surface area contributed by atoms with E-state index in [-0.39, 0.29) is 10.8 Å². The highest BCUT2D eigenvalue weighted by atomic mass is 32.2. The number of nitrogens with zero attached hydrogens (tertiary/aromatic N) is 5. The van der Waals surface area contributed by atoms with Gasteiger partial charge in [-0.25, -0.2) is 8.78 Å². The van der Waals surface area contributed by atoms with Crippen molar-refractivity contribution in [2.75, 3.05) is 6.26 Å². The maximum atomic E-state index is 12.8. The number of rotatable bonds is 5. The third-order valence-electron chi connectivity index (χ3n) is 2.44. The molecule has 0 saturated carbocycles. The summed E-state index contributed by atoms with van der Waals surface area (Å²) < 4.78 is 26.5. The summed E-state index contributed by atoms with van der Waals surface area (Å²) in [6.45, 7) is 0. The molecule has 7 nitrogen and oxygen atoms in total. The van der Waals surface area contributed by atoms with Crippen LogP contribution in [0.1, 0.15) is 17.8 Å². The molecule has 0 aliphatic carbocycles. The Morgan fingerprint density at radius 2 is 2.05 bits per heavy atom. The van der Waals surface area contributed by atoms with Crippen LogP contribution >= 0.6 is 11.8 Å². The number of nitro groups is 1. The van der Waals surface area contributed by atoms with Crippen LogP contribution in [-0.4, -0.2) is 32.3 Å². The van der Waals surface area contributed by atoms with Crippen LogP contribution in [0.25, 0.3) is 0 Å². The number of halogens is 2. The summed E-state index contributed by atoms with van der Waals surface area (Å²) in [5, 5.41) is 21.6. The first-order chi connectivity index (χ1) is 10.0. The zero-order valence-electron chi connectivity index (χ0n) is 10.7. The van der Waals surface area contributed by atoms with E-state index in [0.717, 1.165) is 16.4 Å². The van der Waals surface area contributed by atoms with Gasteiger partial charge in [-0.1, -0.05) is 11.8 Å². The Labute approximate surface area is 121 Å². The SMILES string of the molecule is CSc1nnc(C(F)F)n1/N=C\c1ccc([N+](=O)[O-])cc1. The van der Waals surface area contributed by atoms with Crippen LogP contribution in [0.3, 0.4) is 0 Å². The first-order valence-electron chi connectivity index (χ1n) is 5.59. The van der Waals surface area contributed by atoms with E-state index in [2.05, 4.69) is 15.3 Å². The average Bonchev–Trinajstić information content (AvgIpc) is 2.88. The molecule has 10 heteroatoms. The molecule has 2 aromatic rings. The summed E-state index contributed by atoms with van der Waals surface area (Å²) in [5.74, 6) is -0.558. The first-order valence-corrected chi connectivity index (χ1v) is 6.81. The standard InChI is InChI=1S/C11H9F2N5O2S/c1-21-11-16-15-10(9(12)13)17(11)14-6-7-2-4-8(5-3-7)18(19)20/h2-6,9H,1H3/b14-6-. The highest BCUT2D eigenvalue weighted by Gasteiger charge is 2.19. The van der Waals surface area contributed by atoms with Crippen molar-refractivity contribution in [3.63, 3.8) is 0 Å². The van der Waals surface area contributed by atoms with Crippen molar-refractivity contribution in [1.29, 1.82) is 0 Å². The Balaban J connectivity index is 2.28. The van der Waals surface area contributed by atoms with Crippen LogP contribution < -0.4 is 0 Å². The van der Waals surface area contributed by atoms with Crippen molar-refractivity contribution in [2.45, 2.75) is 11.6 Å². The number of nitro benzene ring substituents is 1. The molecule has 1 heterocycles. The maximum Gasteiger partial charge on any atom is 0.299 e. The van der Waals surface area contributed by atoms with Crippen LogP contribution in [-0.2, 0) is 0 Å². The molecule has 0 aliphatic rings. The number of aromatic nitrogens is 3. The van der Waals surface area contributed by atoms with Crippen LogP contribution in [0.4, 0.5) is 14.5 Å². The third-order valence-corrected chi connectivity index (χ3v) is 3.06. The molecule has 0 radical (unpaired) electrons. The van der Waals surface area contributed by atoms with Crippen LogP contribution in [0.15, 0.2) is 34.5 Å². The van der Waals surface area contributed by atoms with Crippen molar-refractivity contribution < 1.29 is 13.7 Å². The molecular formula is C11H9F2N5O2S. The number of alkyl halides is 2. The van der Waals surface area contributed by atoms with E-state index < -0.39 is 17.2 Å². The molecular weight excluding hydrogens is 304 g/mol. The van der Waals surface area contributed by atoms with Gasteiger partial charge >= 0.3 is 0 Å². The van der Waals surface area contributed by atoms with E-state index in [1.54, 1.807) is 6.26 Å².